The van der Waals surface area contributed by atoms with Gasteiger partial charge in [-0.3, -0.25) is 4.90 Å². The van der Waals surface area contributed by atoms with Gasteiger partial charge < -0.3 is 5.32 Å². The van der Waals surface area contributed by atoms with Gasteiger partial charge in [0.25, 0.3) is 0 Å². The van der Waals surface area contributed by atoms with Gasteiger partial charge in [0.1, 0.15) is 5.54 Å². The Morgan fingerprint density at radius 1 is 1.16 bits per heavy atom. The number of hydrogen-bond acceptors (Lipinski definition) is 2. The lowest BCUT2D eigenvalue weighted by Gasteiger charge is -2.50. The van der Waals surface area contributed by atoms with Crippen molar-refractivity contribution in [2.45, 2.75) is 75.2 Å². The average Bonchev–Trinajstić information content (AvgIpc) is 3.07. The number of nitrogens with zero attached hydrogens (tertiary/aromatic N) is 1. The SMILES string of the molecule is CCC1CNC2(CCCC2)CN1C1(C(F)(F)F)CC1. The van der Waals surface area contributed by atoms with Crippen LogP contribution in [-0.2, 0) is 0 Å². The summed E-state index contributed by atoms with van der Waals surface area (Å²) in [6.45, 7) is 3.30. The molecule has 5 heteroatoms. The summed E-state index contributed by atoms with van der Waals surface area (Å²) in [5.41, 5.74) is -1.53. The lowest BCUT2D eigenvalue weighted by molar-refractivity contribution is -0.209. The molecule has 110 valence electrons. The summed E-state index contributed by atoms with van der Waals surface area (Å²) in [6.07, 6.45) is 1.68. The van der Waals surface area contributed by atoms with E-state index < -0.39 is 11.7 Å². The molecule has 1 unspecified atom stereocenters. The topological polar surface area (TPSA) is 15.3 Å². The van der Waals surface area contributed by atoms with Crippen molar-refractivity contribution in [3.05, 3.63) is 0 Å². The van der Waals surface area contributed by atoms with Gasteiger partial charge in [-0.1, -0.05) is 19.8 Å². The molecule has 1 atom stereocenters. The third kappa shape index (κ3) is 2.09. The molecule has 0 radical (unpaired) electrons. The highest BCUT2D eigenvalue weighted by atomic mass is 19.4. The Hall–Kier alpha value is -0.290. The number of nitrogens with one attached hydrogen (secondary N) is 1. The molecule has 0 amide bonds. The van der Waals surface area contributed by atoms with Gasteiger partial charge in [0.15, 0.2) is 0 Å². The number of rotatable bonds is 2. The standard InChI is InChI=1S/C14H23F3N2/c1-2-11-9-18-12(5-3-4-6-12)10-19(11)13(7-8-13)14(15,16)17/h11,18H,2-10H2,1H3. The minimum atomic E-state index is -4.07. The Morgan fingerprint density at radius 3 is 2.26 bits per heavy atom. The van der Waals surface area contributed by atoms with Crippen LogP contribution in [0.4, 0.5) is 13.2 Å². The normalized spacial score (nSPS) is 33.8. The molecule has 1 aliphatic heterocycles. The van der Waals surface area contributed by atoms with Crippen LogP contribution in [0.1, 0.15) is 51.9 Å². The number of halogens is 3. The van der Waals surface area contributed by atoms with E-state index in [9.17, 15) is 13.2 Å². The van der Waals surface area contributed by atoms with E-state index >= 15 is 0 Å². The summed E-state index contributed by atoms with van der Waals surface area (Å²) in [7, 11) is 0. The fourth-order valence-corrected chi connectivity index (χ4v) is 4.06. The van der Waals surface area contributed by atoms with Crippen LogP contribution in [0, 0.1) is 0 Å². The van der Waals surface area contributed by atoms with E-state index in [0.29, 0.717) is 25.9 Å². The van der Waals surface area contributed by atoms with E-state index in [1.807, 2.05) is 11.8 Å². The van der Waals surface area contributed by atoms with Crippen LogP contribution in [0.3, 0.4) is 0 Å². The summed E-state index contributed by atoms with van der Waals surface area (Å²) in [6, 6.07) is 0.0374. The largest absolute Gasteiger partial charge is 0.406 e. The Balaban J connectivity index is 1.84. The van der Waals surface area contributed by atoms with Crippen molar-refractivity contribution in [1.82, 2.24) is 10.2 Å². The van der Waals surface area contributed by atoms with Crippen molar-refractivity contribution in [3.63, 3.8) is 0 Å². The number of alkyl halides is 3. The van der Waals surface area contributed by atoms with Crippen molar-refractivity contribution in [3.8, 4) is 0 Å². The van der Waals surface area contributed by atoms with Crippen LogP contribution in [0.2, 0.25) is 0 Å². The molecule has 2 nitrogen and oxygen atoms in total. The summed E-state index contributed by atoms with van der Waals surface area (Å²) in [5.74, 6) is 0. The summed E-state index contributed by atoms with van der Waals surface area (Å²) in [5, 5.41) is 3.57. The third-order valence-electron chi connectivity index (χ3n) is 5.46. The van der Waals surface area contributed by atoms with Crippen LogP contribution in [0.15, 0.2) is 0 Å². The molecule has 3 aliphatic rings. The van der Waals surface area contributed by atoms with E-state index in [1.165, 1.54) is 0 Å². The van der Waals surface area contributed by atoms with Gasteiger partial charge in [-0.2, -0.15) is 13.2 Å². The van der Waals surface area contributed by atoms with Crippen molar-refractivity contribution in [2.75, 3.05) is 13.1 Å². The van der Waals surface area contributed by atoms with E-state index in [-0.39, 0.29) is 11.6 Å². The van der Waals surface area contributed by atoms with Crippen LogP contribution < -0.4 is 5.32 Å². The number of hydrogen-bond donors (Lipinski definition) is 1. The first-order valence-electron chi connectivity index (χ1n) is 7.51. The van der Waals surface area contributed by atoms with Crippen molar-refractivity contribution >= 4 is 0 Å². The molecule has 1 spiro atoms. The summed E-state index contributed by atoms with van der Waals surface area (Å²) >= 11 is 0. The second-order valence-electron chi connectivity index (χ2n) is 6.59. The molecule has 3 rings (SSSR count). The van der Waals surface area contributed by atoms with Gasteiger partial charge in [0, 0.05) is 24.7 Å². The lowest BCUT2D eigenvalue weighted by Crippen LogP contribution is -2.68. The predicted molar refractivity (Wildman–Crippen MR) is 68.0 cm³/mol. The first-order chi connectivity index (χ1) is 8.93. The van der Waals surface area contributed by atoms with E-state index in [4.69, 9.17) is 0 Å². The van der Waals surface area contributed by atoms with Crippen molar-refractivity contribution in [1.29, 1.82) is 0 Å². The molecular weight excluding hydrogens is 253 g/mol. The quantitative estimate of drug-likeness (QED) is 0.834. The fourth-order valence-electron chi connectivity index (χ4n) is 4.06. The molecule has 1 saturated heterocycles. The summed E-state index contributed by atoms with van der Waals surface area (Å²) < 4.78 is 40.2. The maximum absolute atomic E-state index is 13.4. The molecule has 2 aliphatic carbocycles. The number of piperazine rings is 1. The Labute approximate surface area is 112 Å². The Kier molecular flexibility index (Phi) is 3.13. The second-order valence-corrected chi connectivity index (χ2v) is 6.59. The first kappa shape index (κ1) is 13.7. The molecule has 0 bridgehead atoms. The first-order valence-corrected chi connectivity index (χ1v) is 7.51. The second kappa shape index (κ2) is 4.35. The monoisotopic (exact) mass is 276 g/mol. The van der Waals surface area contributed by atoms with Gasteiger partial charge in [-0.05, 0) is 32.1 Å². The zero-order valence-corrected chi connectivity index (χ0v) is 11.5. The zero-order valence-electron chi connectivity index (χ0n) is 11.5. The van der Waals surface area contributed by atoms with Gasteiger partial charge in [0.2, 0.25) is 0 Å². The molecule has 1 N–H and O–H groups in total. The van der Waals surface area contributed by atoms with E-state index in [2.05, 4.69) is 5.32 Å². The Morgan fingerprint density at radius 2 is 1.79 bits per heavy atom. The molecule has 19 heavy (non-hydrogen) atoms. The zero-order chi connectivity index (χ0) is 13.7. The molecule has 0 aromatic carbocycles. The highest BCUT2D eigenvalue weighted by Gasteiger charge is 2.68. The van der Waals surface area contributed by atoms with Crippen LogP contribution in [0.25, 0.3) is 0 Å². The minimum absolute atomic E-state index is 0.0352. The summed E-state index contributed by atoms with van der Waals surface area (Å²) in [4.78, 5) is 1.81. The third-order valence-corrected chi connectivity index (χ3v) is 5.46. The van der Waals surface area contributed by atoms with Crippen molar-refractivity contribution in [2.24, 2.45) is 0 Å². The smallest absolute Gasteiger partial charge is 0.308 e. The molecule has 0 aromatic heterocycles. The van der Waals surface area contributed by atoms with Gasteiger partial charge >= 0.3 is 6.18 Å². The van der Waals surface area contributed by atoms with E-state index in [1.54, 1.807) is 0 Å². The van der Waals surface area contributed by atoms with Crippen LogP contribution in [0.5, 0.6) is 0 Å². The van der Waals surface area contributed by atoms with E-state index in [0.717, 1.165) is 32.1 Å². The highest BCUT2D eigenvalue weighted by Crippen LogP contribution is 2.55. The van der Waals surface area contributed by atoms with Crippen LogP contribution >= 0.6 is 0 Å². The lowest BCUT2D eigenvalue weighted by atomic mass is 9.89. The van der Waals surface area contributed by atoms with Crippen molar-refractivity contribution < 1.29 is 13.2 Å². The molecular formula is C14H23F3N2. The molecule has 3 fully saturated rings. The molecule has 2 saturated carbocycles. The maximum Gasteiger partial charge on any atom is 0.406 e. The molecule has 0 aromatic rings. The average molecular weight is 276 g/mol. The van der Waals surface area contributed by atoms with Crippen LogP contribution in [-0.4, -0.2) is 41.3 Å². The minimum Gasteiger partial charge on any atom is -0.308 e. The predicted octanol–water partition coefficient (Wildman–Crippen LogP) is 3.08. The van der Waals surface area contributed by atoms with Gasteiger partial charge in [-0.25, -0.2) is 0 Å². The highest BCUT2D eigenvalue weighted by molar-refractivity contribution is 5.15. The fraction of sp³-hybridized carbons (Fsp3) is 1.00. The Bertz CT molecular complexity index is 343. The maximum atomic E-state index is 13.4. The molecule has 1 heterocycles. The van der Waals surface area contributed by atoms with Gasteiger partial charge in [0.05, 0.1) is 0 Å². The van der Waals surface area contributed by atoms with Gasteiger partial charge in [-0.15, -0.1) is 0 Å².